The van der Waals surface area contributed by atoms with Crippen LogP contribution in [0.15, 0.2) is 64.3 Å². The molecule has 2 aromatic carbocycles. The Hall–Kier alpha value is -3.32. The lowest BCUT2D eigenvalue weighted by Crippen LogP contribution is -2.33. The van der Waals surface area contributed by atoms with Crippen LogP contribution in [0.4, 0.5) is 5.69 Å². The van der Waals surface area contributed by atoms with Crippen molar-refractivity contribution < 1.29 is 4.79 Å². The molecule has 0 spiro atoms. The molecule has 1 aliphatic heterocycles. The Labute approximate surface area is 172 Å². The molecule has 29 heavy (non-hydrogen) atoms. The Morgan fingerprint density at radius 3 is 2.28 bits per heavy atom. The second-order valence-electron chi connectivity index (χ2n) is 6.88. The summed E-state index contributed by atoms with van der Waals surface area (Å²) in [5.74, 6) is -0.355. The minimum Gasteiger partial charge on any atom is -0.283 e. The van der Waals surface area contributed by atoms with Gasteiger partial charge in [0.05, 0.1) is 16.3 Å². The lowest BCUT2D eigenvalue weighted by molar-refractivity contribution is -0.113. The topological polar surface area (TPSA) is 71.1 Å². The number of aryl methyl sites for hydroxylation is 1. The van der Waals surface area contributed by atoms with Crippen molar-refractivity contribution in [2.45, 2.75) is 13.8 Å². The molecule has 1 amide bonds. The molecule has 3 aromatic rings. The third-order valence-electron chi connectivity index (χ3n) is 4.95. The summed E-state index contributed by atoms with van der Waals surface area (Å²) in [5.41, 5.74) is 3.23. The van der Waals surface area contributed by atoms with Gasteiger partial charge in [-0.3, -0.25) is 19.7 Å². The van der Waals surface area contributed by atoms with Gasteiger partial charge in [-0.15, -0.1) is 0 Å². The predicted molar refractivity (Wildman–Crippen MR) is 118 cm³/mol. The second kappa shape index (κ2) is 7.25. The Morgan fingerprint density at radius 2 is 1.62 bits per heavy atom. The molecular formula is C22H20N4O2S. The minimum absolute atomic E-state index is 0.0272. The summed E-state index contributed by atoms with van der Waals surface area (Å²) in [6, 6.07) is 17.1. The van der Waals surface area contributed by atoms with Crippen LogP contribution in [-0.2, 0) is 11.8 Å². The van der Waals surface area contributed by atoms with Gasteiger partial charge in [0.1, 0.15) is 5.69 Å². The van der Waals surface area contributed by atoms with E-state index < -0.39 is 0 Å². The van der Waals surface area contributed by atoms with Gasteiger partial charge in [0.15, 0.2) is 5.17 Å². The van der Waals surface area contributed by atoms with Crippen molar-refractivity contribution in [3.8, 4) is 5.69 Å². The van der Waals surface area contributed by atoms with Crippen molar-refractivity contribution in [1.29, 1.82) is 5.41 Å². The fourth-order valence-corrected chi connectivity index (χ4v) is 4.16. The lowest BCUT2D eigenvalue weighted by atomic mass is 10.1. The highest BCUT2D eigenvalue weighted by molar-refractivity contribution is 8.19. The zero-order valence-electron chi connectivity index (χ0n) is 16.3. The summed E-state index contributed by atoms with van der Waals surface area (Å²) >= 11 is 1.07. The van der Waals surface area contributed by atoms with Crippen LogP contribution in [0.1, 0.15) is 16.8 Å². The second-order valence-corrected chi connectivity index (χ2v) is 7.91. The number of hydrogen-bond acceptors (Lipinski definition) is 4. The molecule has 0 bridgehead atoms. The van der Waals surface area contributed by atoms with Crippen LogP contribution < -0.4 is 10.5 Å². The Balaban J connectivity index is 1.78. The molecule has 2 heterocycles. The summed E-state index contributed by atoms with van der Waals surface area (Å²) in [5, 5.41) is 8.38. The summed E-state index contributed by atoms with van der Waals surface area (Å²) in [6.07, 6.45) is 1.76. The zero-order valence-corrected chi connectivity index (χ0v) is 17.2. The van der Waals surface area contributed by atoms with Crippen molar-refractivity contribution in [1.82, 2.24) is 9.36 Å². The predicted octanol–water partition coefficient (Wildman–Crippen LogP) is 3.85. The van der Waals surface area contributed by atoms with Gasteiger partial charge in [-0.05, 0) is 49.4 Å². The van der Waals surface area contributed by atoms with E-state index in [0.717, 1.165) is 22.9 Å². The Kier molecular flexibility index (Phi) is 4.76. The number of amides is 1. The number of aromatic nitrogens is 2. The summed E-state index contributed by atoms with van der Waals surface area (Å²) in [6.45, 7) is 3.78. The maximum absolute atomic E-state index is 13.2. The van der Waals surface area contributed by atoms with Crippen molar-refractivity contribution in [3.05, 3.63) is 86.7 Å². The Morgan fingerprint density at radius 1 is 0.966 bits per heavy atom. The highest BCUT2D eigenvalue weighted by atomic mass is 32.2. The average Bonchev–Trinajstić information content (AvgIpc) is 3.10. The van der Waals surface area contributed by atoms with Crippen molar-refractivity contribution in [3.63, 3.8) is 0 Å². The molecule has 1 saturated heterocycles. The fourth-order valence-electron chi connectivity index (χ4n) is 3.32. The minimum atomic E-state index is -0.355. The average molecular weight is 404 g/mol. The highest BCUT2D eigenvalue weighted by Gasteiger charge is 2.37. The van der Waals surface area contributed by atoms with Crippen LogP contribution in [-0.4, -0.2) is 20.4 Å². The van der Waals surface area contributed by atoms with Gasteiger partial charge in [-0.1, -0.05) is 48.0 Å². The molecule has 0 aliphatic carbocycles. The molecule has 146 valence electrons. The molecule has 7 heteroatoms. The molecule has 1 aromatic heterocycles. The van der Waals surface area contributed by atoms with Crippen LogP contribution in [0.2, 0.25) is 0 Å². The third kappa shape index (κ3) is 3.23. The maximum atomic E-state index is 13.2. The lowest BCUT2D eigenvalue weighted by Gasteiger charge is -2.12. The molecule has 1 aliphatic rings. The summed E-state index contributed by atoms with van der Waals surface area (Å²) < 4.78 is 3.22. The molecular weight excluding hydrogens is 384 g/mol. The van der Waals surface area contributed by atoms with E-state index in [-0.39, 0.29) is 22.3 Å². The number of benzene rings is 2. The van der Waals surface area contributed by atoms with Gasteiger partial charge >= 0.3 is 0 Å². The van der Waals surface area contributed by atoms with E-state index >= 15 is 0 Å². The normalized spacial score (nSPS) is 15.6. The molecule has 6 nitrogen and oxygen atoms in total. The molecule has 0 atom stereocenters. The van der Waals surface area contributed by atoms with Gasteiger partial charge < -0.3 is 0 Å². The molecule has 0 unspecified atom stereocenters. The number of amidine groups is 1. The smallest absolute Gasteiger partial charge is 0.283 e. The quantitative estimate of drug-likeness (QED) is 0.674. The van der Waals surface area contributed by atoms with Gasteiger partial charge in [-0.25, -0.2) is 9.58 Å². The number of para-hydroxylation sites is 1. The molecule has 0 saturated carbocycles. The number of rotatable bonds is 3. The first-order valence-electron chi connectivity index (χ1n) is 9.11. The number of hydrogen-bond donors (Lipinski definition) is 1. The zero-order chi connectivity index (χ0) is 20.7. The number of thioether (sulfide) groups is 1. The van der Waals surface area contributed by atoms with E-state index in [1.165, 1.54) is 9.58 Å². The number of nitrogens with zero attached hydrogens (tertiary/aromatic N) is 3. The van der Waals surface area contributed by atoms with Crippen LogP contribution in [0.5, 0.6) is 0 Å². The molecule has 4 rings (SSSR count). The first-order chi connectivity index (χ1) is 13.9. The summed E-state index contributed by atoms with van der Waals surface area (Å²) in [7, 11) is 1.77. The third-order valence-corrected chi connectivity index (χ3v) is 5.83. The van der Waals surface area contributed by atoms with Gasteiger partial charge in [0.2, 0.25) is 0 Å². The summed E-state index contributed by atoms with van der Waals surface area (Å²) in [4.78, 5) is 27.9. The molecule has 1 fully saturated rings. The van der Waals surface area contributed by atoms with Crippen molar-refractivity contribution >= 4 is 34.6 Å². The van der Waals surface area contributed by atoms with Crippen LogP contribution >= 0.6 is 11.8 Å². The maximum Gasteiger partial charge on any atom is 0.296 e. The SMILES string of the molecule is Cc1ccc(/C=C2\SC(=N)N(c3c(C)n(C)n(-c4ccccc4)c3=O)C2=O)cc1. The van der Waals surface area contributed by atoms with E-state index in [1.54, 1.807) is 24.7 Å². The van der Waals surface area contributed by atoms with Gasteiger partial charge in [0.25, 0.3) is 11.5 Å². The first-order valence-corrected chi connectivity index (χ1v) is 9.93. The van der Waals surface area contributed by atoms with Crippen LogP contribution in [0.25, 0.3) is 11.8 Å². The van der Waals surface area contributed by atoms with E-state index in [4.69, 9.17) is 5.41 Å². The van der Waals surface area contributed by atoms with Crippen molar-refractivity contribution in [2.24, 2.45) is 7.05 Å². The first kappa shape index (κ1) is 19.0. The van der Waals surface area contributed by atoms with Gasteiger partial charge in [-0.2, -0.15) is 0 Å². The highest BCUT2D eigenvalue weighted by Crippen LogP contribution is 2.35. The number of carbonyl (C=O) groups is 1. The van der Waals surface area contributed by atoms with Gasteiger partial charge in [0, 0.05) is 7.05 Å². The number of nitrogens with one attached hydrogen (secondary N) is 1. The van der Waals surface area contributed by atoms with E-state index in [0.29, 0.717) is 16.3 Å². The number of carbonyl (C=O) groups excluding carboxylic acids is 1. The number of anilines is 1. The monoisotopic (exact) mass is 404 g/mol. The van der Waals surface area contributed by atoms with E-state index in [1.807, 2.05) is 61.5 Å². The Bertz CT molecular complexity index is 1200. The molecule has 0 radical (unpaired) electrons. The standard InChI is InChI=1S/C22H20N4O2S/c1-14-9-11-16(12-10-14)13-18-20(27)25(22(23)29-18)19-15(2)24(3)26(21(19)28)17-7-5-4-6-8-17/h4-13,23H,1-3H3/b18-13-,23-22?. The van der Waals surface area contributed by atoms with Crippen molar-refractivity contribution in [2.75, 3.05) is 4.90 Å². The fraction of sp³-hybridized carbons (Fsp3) is 0.136. The molecule has 1 N–H and O–H groups in total. The van der Waals surface area contributed by atoms with E-state index in [2.05, 4.69) is 0 Å². The largest absolute Gasteiger partial charge is 0.296 e. The van der Waals surface area contributed by atoms with Crippen LogP contribution in [0, 0.1) is 19.3 Å². The van der Waals surface area contributed by atoms with E-state index in [9.17, 15) is 9.59 Å². The van der Waals surface area contributed by atoms with Crippen LogP contribution in [0.3, 0.4) is 0 Å².